The van der Waals surface area contributed by atoms with Gasteiger partial charge in [-0.2, -0.15) is 9.40 Å². The highest BCUT2D eigenvalue weighted by molar-refractivity contribution is 7.89. The molecule has 2 aliphatic heterocycles. The Morgan fingerprint density at radius 3 is 2.22 bits per heavy atom. The Labute approximate surface area is 188 Å². The van der Waals surface area contributed by atoms with Gasteiger partial charge >= 0.3 is 6.03 Å². The third-order valence-electron chi connectivity index (χ3n) is 6.22. The SMILES string of the molecule is Cc1nn(C(C)C)c(C)c1S(=O)(=O)N1CCC(N2CC(=O)N(c3ccccc3)C2=O)CC1. The standard InChI is InChI=1S/C22H29N5O4S/c1-15(2)27-17(4)21(16(3)23-27)32(30,31)24-12-10-18(11-13-24)25-14-20(28)26(22(25)29)19-8-6-5-7-9-19/h5-9,15,18H,10-14H2,1-4H3. The number of piperidine rings is 1. The molecular formula is C22H29N5O4S. The van der Waals surface area contributed by atoms with E-state index in [2.05, 4.69) is 5.10 Å². The Morgan fingerprint density at radius 1 is 1.03 bits per heavy atom. The van der Waals surface area contributed by atoms with Crippen molar-refractivity contribution in [3.63, 3.8) is 0 Å². The van der Waals surface area contributed by atoms with Crippen molar-refractivity contribution < 1.29 is 18.0 Å². The zero-order valence-corrected chi connectivity index (χ0v) is 19.7. The number of hydrogen-bond acceptors (Lipinski definition) is 5. The van der Waals surface area contributed by atoms with E-state index in [1.54, 1.807) is 47.7 Å². The van der Waals surface area contributed by atoms with Crippen LogP contribution >= 0.6 is 0 Å². The molecule has 0 spiro atoms. The number of aromatic nitrogens is 2. The lowest BCUT2D eigenvalue weighted by Gasteiger charge is -2.35. The first-order chi connectivity index (χ1) is 15.1. The number of carbonyl (C=O) groups excluding carboxylic acids is 2. The maximum Gasteiger partial charge on any atom is 0.332 e. The van der Waals surface area contributed by atoms with E-state index in [4.69, 9.17) is 0 Å². The summed E-state index contributed by atoms with van der Waals surface area (Å²) < 4.78 is 30.0. The molecular weight excluding hydrogens is 430 g/mol. The van der Waals surface area contributed by atoms with Gasteiger partial charge in [-0.1, -0.05) is 18.2 Å². The summed E-state index contributed by atoms with van der Waals surface area (Å²) in [6.07, 6.45) is 0.967. The molecule has 0 N–H and O–H groups in total. The van der Waals surface area contributed by atoms with E-state index < -0.39 is 10.0 Å². The smallest absolute Gasteiger partial charge is 0.312 e. The molecule has 1 aromatic carbocycles. The second kappa shape index (κ2) is 8.32. The maximum absolute atomic E-state index is 13.4. The second-order valence-corrected chi connectivity index (χ2v) is 10.5. The van der Waals surface area contributed by atoms with E-state index in [1.165, 1.54) is 9.21 Å². The Morgan fingerprint density at radius 2 is 1.66 bits per heavy atom. The van der Waals surface area contributed by atoms with Crippen LogP contribution in [0.5, 0.6) is 0 Å². The molecule has 0 saturated carbocycles. The monoisotopic (exact) mass is 459 g/mol. The number of nitrogens with zero attached hydrogens (tertiary/aromatic N) is 5. The average Bonchev–Trinajstić information content (AvgIpc) is 3.23. The largest absolute Gasteiger partial charge is 0.332 e. The van der Waals surface area contributed by atoms with Gasteiger partial charge in [0.1, 0.15) is 11.4 Å². The van der Waals surface area contributed by atoms with Crippen LogP contribution in [0.3, 0.4) is 0 Å². The molecule has 0 radical (unpaired) electrons. The molecule has 3 heterocycles. The fourth-order valence-corrected chi connectivity index (χ4v) is 6.51. The van der Waals surface area contributed by atoms with Gasteiger partial charge in [0.15, 0.2) is 0 Å². The summed E-state index contributed by atoms with van der Waals surface area (Å²) in [5.41, 5.74) is 1.69. The van der Waals surface area contributed by atoms with Gasteiger partial charge in [-0.15, -0.1) is 0 Å². The molecule has 0 unspecified atom stereocenters. The number of urea groups is 1. The van der Waals surface area contributed by atoms with Gasteiger partial charge in [0.05, 0.1) is 17.1 Å². The quantitative estimate of drug-likeness (QED) is 0.641. The van der Waals surface area contributed by atoms with Crippen LogP contribution in [-0.2, 0) is 14.8 Å². The lowest BCUT2D eigenvalue weighted by molar-refractivity contribution is -0.116. The molecule has 9 nitrogen and oxygen atoms in total. The minimum Gasteiger partial charge on any atom is -0.312 e. The third-order valence-corrected chi connectivity index (χ3v) is 8.37. The summed E-state index contributed by atoms with van der Waals surface area (Å²) in [6.45, 7) is 8.04. The van der Waals surface area contributed by atoms with E-state index in [0.717, 1.165) is 0 Å². The molecule has 2 saturated heterocycles. The van der Waals surface area contributed by atoms with Crippen LogP contribution in [0, 0.1) is 13.8 Å². The lowest BCUT2D eigenvalue weighted by Crippen LogP contribution is -2.48. The molecule has 10 heteroatoms. The fraction of sp³-hybridized carbons (Fsp3) is 0.500. The number of carbonyl (C=O) groups is 2. The summed E-state index contributed by atoms with van der Waals surface area (Å²) in [5.74, 6) is -0.261. The first kappa shape index (κ1) is 22.5. The van der Waals surface area contributed by atoms with Crippen LogP contribution in [0.2, 0.25) is 0 Å². The van der Waals surface area contributed by atoms with Crippen LogP contribution in [-0.4, -0.2) is 65.0 Å². The van der Waals surface area contributed by atoms with Gasteiger partial charge in [0.25, 0.3) is 5.91 Å². The molecule has 1 aromatic heterocycles. The Hall–Kier alpha value is -2.72. The zero-order valence-electron chi connectivity index (χ0n) is 18.9. The first-order valence-corrected chi connectivity index (χ1v) is 12.3. The molecule has 2 aliphatic rings. The van der Waals surface area contributed by atoms with Crippen molar-refractivity contribution in [2.45, 2.75) is 57.5 Å². The predicted octanol–water partition coefficient (Wildman–Crippen LogP) is 2.70. The van der Waals surface area contributed by atoms with E-state index in [1.807, 2.05) is 19.9 Å². The fourth-order valence-electron chi connectivity index (χ4n) is 4.68. The van der Waals surface area contributed by atoms with Gasteiger partial charge in [0.2, 0.25) is 10.0 Å². The van der Waals surface area contributed by atoms with E-state index in [-0.39, 0.29) is 35.5 Å². The summed E-state index contributed by atoms with van der Waals surface area (Å²) in [4.78, 5) is 28.5. The lowest BCUT2D eigenvalue weighted by atomic mass is 10.1. The van der Waals surface area contributed by atoms with E-state index >= 15 is 0 Å². The van der Waals surface area contributed by atoms with E-state index in [9.17, 15) is 18.0 Å². The molecule has 2 aromatic rings. The normalized spacial score (nSPS) is 18.9. The summed E-state index contributed by atoms with van der Waals surface area (Å²) in [6, 6.07) is 8.42. The van der Waals surface area contributed by atoms with Crippen molar-refractivity contribution in [1.29, 1.82) is 0 Å². The van der Waals surface area contributed by atoms with Gasteiger partial charge < -0.3 is 4.90 Å². The molecule has 3 amide bonds. The van der Waals surface area contributed by atoms with Crippen molar-refractivity contribution in [2.24, 2.45) is 0 Å². The van der Waals surface area contributed by atoms with Crippen LogP contribution in [0.15, 0.2) is 35.2 Å². The van der Waals surface area contributed by atoms with Gasteiger partial charge in [-0.3, -0.25) is 9.48 Å². The van der Waals surface area contributed by atoms with Crippen molar-refractivity contribution in [3.8, 4) is 0 Å². The van der Waals surface area contributed by atoms with Gasteiger partial charge in [-0.25, -0.2) is 18.1 Å². The highest BCUT2D eigenvalue weighted by Gasteiger charge is 2.43. The summed E-state index contributed by atoms with van der Waals surface area (Å²) >= 11 is 0. The number of rotatable bonds is 5. The highest BCUT2D eigenvalue weighted by atomic mass is 32.2. The molecule has 4 rings (SSSR count). The minimum absolute atomic E-state index is 0.0184. The number of para-hydroxylation sites is 1. The van der Waals surface area contributed by atoms with Crippen molar-refractivity contribution in [3.05, 3.63) is 41.7 Å². The number of benzene rings is 1. The molecule has 0 aliphatic carbocycles. The van der Waals surface area contributed by atoms with Gasteiger partial charge in [0, 0.05) is 25.2 Å². The minimum atomic E-state index is -3.69. The first-order valence-electron chi connectivity index (χ1n) is 10.9. The van der Waals surface area contributed by atoms with Crippen molar-refractivity contribution in [2.75, 3.05) is 24.5 Å². The summed E-state index contributed by atoms with van der Waals surface area (Å²) in [7, 11) is -3.69. The van der Waals surface area contributed by atoms with Crippen LogP contribution in [0.25, 0.3) is 0 Å². The number of anilines is 1. The van der Waals surface area contributed by atoms with Gasteiger partial charge in [-0.05, 0) is 52.7 Å². The molecule has 0 bridgehead atoms. The van der Waals surface area contributed by atoms with Crippen molar-refractivity contribution in [1.82, 2.24) is 19.0 Å². The number of imide groups is 1. The third kappa shape index (κ3) is 3.71. The number of sulfonamides is 1. The number of aryl methyl sites for hydroxylation is 1. The van der Waals surface area contributed by atoms with Crippen molar-refractivity contribution >= 4 is 27.6 Å². The number of hydrogen-bond donors (Lipinski definition) is 0. The average molecular weight is 460 g/mol. The molecule has 2 fully saturated rings. The number of amides is 3. The Balaban J connectivity index is 1.48. The topological polar surface area (TPSA) is 95.8 Å². The highest BCUT2D eigenvalue weighted by Crippen LogP contribution is 2.30. The molecule has 0 atom stereocenters. The second-order valence-electron chi connectivity index (χ2n) is 8.65. The Kier molecular flexibility index (Phi) is 5.85. The predicted molar refractivity (Wildman–Crippen MR) is 120 cm³/mol. The summed E-state index contributed by atoms with van der Waals surface area (Å²) in [5, 5.41) is 4.42. The van der Waals surface area contributed by atoms with E-state index in [0.29, 0.717) is 43.0 Å². The molecule has 172 valence electrons. The molecule has 32 heavy (non-hydrogen) atoms. The van der Waals surface area contributed by atoms with Crippen LogP contribution in [0.1, 0.15) is 44.1 Å². The van der Waals surface area contributed by atoms with Crippen LogP contribution in [0.4, 0.5) is 10.5 Å². The zero-order chi connectivity index (χ0) is 23.2. The maximum atomic E-state index is 13.4. The van der Waals surface area contributed by atoms with Crippen LogP contribution < -0.4 is 4.90 Å². The Bertz CT molecular complexity index is 1130.